The van der Waals surface area contributed by atoms with E-state index in [4.69, 9.17) is 58.0 Å². The van der Waals surface area contributed by atoms with Crippen LogP contribution in [0.15, 0.2) is 24.3 Å². The number of aryl methyl sites for hydroxylation is 1. The zero-order valence-electron chi connectivity index (χ0n) is 9.03. The van der Waals surface area contributed by atoms with Crippen molar-refractivity contribution in [3.05, 3.63) is 42.3 Å². The molecule has 0 nitrogen and oxygen atoms in total. The van der Waals surface area contributed by atoms with Crippen LogP contribution in [0.1, 0.15) is 24.0 Å². The molecule has 0 atom stereocenters. The number of unbranched alkanes of at least 4 members (excludes halogenated alkanes) is 1. The maximum Gasteiger partial charge on any atom is 0.227 e. The van der Waals surface area contributed by atoms with Gasteiger partial charge in [0.15, 0.2) is 4.33 Å². The SMILES string of the molecule is [CH2]CCCc1ccc(C(Cl)(Cl)C(Cl)(Cl)Cl)cc1. The predicted octanol–water partition coefficient (Wildman–Crippen LogP) is 5.84. The number of hydrogen-bond donors (Lipinski definition) is 0. The lowest BCUT2D eigenvalue weighted by Gasteiger charge is -2.27. The zero-order valence-corrected chi connectivity index (χ0v) is 12.8. The molecule has 95 valence electrons. The minimum Gasteiger partial charge on any atom is -0.0915 e. The summed E-state index contributed by atoms with van der Waals surface area (Å²) in [5, 5.41) is 0. The second-order valence-electron chi connectivity index (χ2n) is 3.73. The normalized spacial score (nSPS) is 12.8. The smallest absolute Gasteiger partial charge is 0.0915 e. The second-order valence-corrected chi connectivity index (χ2v) is 7.33. The van der Waals surface area contributed by atoms with Crippen LogP contribution in [-0.4, -0.2) is 3.79 Å². The third-order valence-corrected chi connectivity index (χ3v) is 4.82. The van der Waals surface area contributed by atoms with Crippen molar-refractivity contribution in [1.82, 2.24) is 0 Å². The monoisotopic (exact) mass is 331 g/mol. The third kappa shape index (κ3) is 4.08. The molecule has 0 saturated carbocycles. The van der Waals surface area contributed by atoms with Crippen LogP contribution in [0.2, 0.25) is 0 Å². The zero-order chi connectivity index (χ0) is 13.1. The lowest BCUT2D eigenvalue weighted by Crippen LogP contribution is -2.28. The van der Waals surface area contributed by atoms with Crippen LogP contribution in [0, 0.1) is 6.92 Å². The van der Waals surface area contributed by atoms with E-state index in [-0.39, 0.29) is 0 Å². The largest absolute Gasteiger partial charge is 0.227 e. The lowest BCUT2D eigenvalue weighted by molar-refractivity contribution is 0.835. The Labute approximate surface area is 127 Å². The maximum atomic E-state index is 6.05. The predicted molar refractivity (Wildman–Crippen MR) is 78.4 cm³/mol. The quantitative estimate of drug-likeness (QED) is 0.607. The summed E-state index contributed by atoms with van der Waals surface area (Å²) in [7, 11) is 0. The van der Waals surface area contributed by atoms with Crippen LogP contribution in [-0.2, 0) is 10.8 Å². The molecule has 0 unspecified atom stereocenters. The minimum absolute atomic E-state index is 0.569. The van der Waals surface area contributed by atoms with Gasteiger partial charge in [-0.25, -0.2) is 0 Å². The fraction of sp³-hybridized carbons (Fsp3) is 0.417. The molecule has 1 aromatic rings. The maximum absolute atomic E-state index is 6.05. The van der Waals surface area contributed by atoms with Crippen LogP contribution in [0.3, 0.4) is 0 Å². The summed E-state index contributed by atoms with van der Waals surface area (Å²) in [6.07, 6.45) is 2.91. The highest BCUT2D eigenvalue weighted by molar-refractivity contribution is 6.75. The van der Waals surface area contributed by atoms with E-state index in [9.17, 15) is 0 Å². The molecule has 0 saturated heterocycles. The summed E-state index contributed by atoms with van der Waals surface area (Å²) >= 11 is 29.3. The van der Waals surface area contributed by atoms with E-state index in [0.717, 1.165) is 19.3 Å². The third-order valence-electron chi connectivity index (χ3n) is 2.39. The molecule has 1 rings (SSSR count). The van der Waals surface area contributed by atoms with Gasteiger partial charge >= 0.3 is 0 Å². The molecular weight excluding hydrogens is 321 g/mol. The van der Waals surface area contributed by atoms with E-state index >= 15 is 0 Å². The van der Waals surface area contributed by atoms with Crippen molar-refractivity contribution < 1.29 is 0 Å². The highest BCUT2D eigenvalue weighted by Crippen LogP contribution is 2.52. The van der Waals surface area contributed by atoms with E-state index < -0.39 is 8.13 Å². The average Bonchev–Trinajstić information content (AvgIpc) is 2.25. The molecule has 1 radical (unpaired) electrons. The van der Waals surface area contributed by atoms with Crippen molar-refractivity contribution in [3.63, 3.8) is 0 Å². The van der Waals surface area contributed by atoms with Crippen LogP contribution in [0.4, 0.5) is 0 Å². The lowest BCUT2D eigenvalue weighted by atomic mass is 10.0. The molecule has 0 bridgehead atoms. The van der Waals surface area contributed by atoms with E-state index in [2.05, 4.69) is 6.92 Å². The first-order valence-electron chi connectivity index (χ1n) is 5.12. The van der Waals surface area contributed by atoms with Gasteiger partial charge in [0.25, 0.3) is 0 Å². The summed E-state index contributed by atoms with van der Waals surface area (Å²) in [6.45, 7) is 3.80. The van der Waals surface area contributed by atoms with Crippen molar-refractivity contribution in [2.75, 3.05) is 0 Å². The number of alkyl halides is 5. The summed E-state index contributed by atoms with van der Waals surface area (Å²) < 4.78 is -3.33. The number of rotatable bonds is 4. The molecule has 0 heterocycles. The minimum atomic E-state index is -1.77. The van der Waals surface area contributed by atoms with Gasteiger partial charge in [-0.3, -0.25) is 0 Å². The molecule has 1 aromatic carbocycles. The van der Waals surface area contributed by atoms with Gasteiger partial charge in [0, 0.05) is 0 Å². The van der Waals surface area contributed by atoms with Gasteiger partial charge in [0.2, 0.25) is 3.79 Å². The van der Waals surface area contributed by atoms with Crippen molar-refractivity contribution in [3.8, 4) is 0 Å². The van der Waals surface area contributed by atoms with E-state index in [0.29, 0.717) is 5.56 Å². The highest BCUT2D eigenvalue weighted by Gasteiger charge is 2.47. The Kier molecular flexibility index (Phi) is 5.75. The Morgan fingerprint density at radius 1 is 0.941 bits per heavy atom. The van der Waals surface area contributed by atoms with Gasteiger partial charge in [-0.2, -0.15) is 0 Å². The summed E-state index contributed by atoms with van der Waals surface area (Å²) in [4.78, 5) is 0. The van der Waals surface area contributed by atoms with Crippen LogP contribution < -0.4 is 0 Å². The van der Waals surface area contributed by atoms with E-state index in [1.54, 1.807) is 12.1 Å². The Bertz CT molecular complexity index is 350. The molecule has 0 aromatic heterocycles. The van der Waals surface area contributed by atoms with E-state index in [1.807, 2.05) is 12.1 Å². The van der Waals surface area contributed by atoms with Gasteiger partial charge in [-0.1, -0.05) is 95.6 Å². The Hall–Kier alpha value is 0.670. The number of benzene rings is 1. The molecule has 5 heteroatoms. The average molecular weight is 333 g/mol. The molecular formula is C12H12Cl5. The van der Waals surface area contributed by atoms with Crippen LogP contribution in [0.25, 0.3) is 0 Å². The summed E-state index contributed by atoms with van der Waals surface area (Å²) in [5.74, 6) is 0. The van der Waals surface area contributed by atoms with Gasteiger partial charge < -0.3 is 0 Å². The second kappa shape index (κ2) is 6.21. The fourth-order valence-corrected chi connectivity index (χ4v) is 1.95. The van der Waals surface area contributed by atoms with Gasteiger partial charge in [0.05, 0.1) is 0 Å². The molecule has 0 N–H and O–H groups in total. The fourth-order valence-electron chi connectivity index (χ4n) is 1.37. The topological polar surface area (TPSA) is 0 Å². The van der Waals surface area contributed by atoms with Crippen molar-refractivity contribution in [2.45, 2.75) is 27.4 Å². The molecule has 0 aliphatic heterocycles. The summed E-state index contributed by atoms with van der Waals surface area (Å²) in [6, 6.07) is 7.42. The first kappa shape index (κ1) is 15.7. The Morgan fingerprint density at radius 3 is 1.88 bits per heavy atom. The number of halogens is 5. The van der Waals surface area contributed by atoms with E-state index in [1.165, 1.54) is 5.56 Å². The Balaban J connectivity index is 2.87. The molecule has 0 fully saturated rings. The molecule has 0 aliphatic rings. The molecule has 0 spiro atoms. The van der Waals surface area contributed by atoms with Crippen molar-refractivity contribution in [1.29, 1.82) is 0 Å². The summed E-state index contributed by atoms with van der Waals surface area (Å²) in [5.41, 5.74) is 1.75. The van der Waals surface area contributed by atoms with Gasteiger partial charge in [-0.05, 0) is 24.0 Å². The standard InChI is InChI=1S/C12H12Cl5/c1-2-3-4-9-5-7-10(8-6-9)11(13,14)12(15,16)17/h5-8H,1-4H2. The molecule has 17 heavy (non-hydrogen) atoms. The molecule has 0 aliphatic carbocycles. The number of hydrogen-bond acceptors (Lipinski definition) is 0. The molecule has 0 amide bonds. The highest BCUT2D eigenvalue weighted by atomic mass is 35.6. The van der Waals surface area contributed by atoms with Crippen LogP contribution in [0.5, 0.6) is 0 Å². The van der Waals surface area contributed by atoms with Crippen LogP contribution >= 0.6 is 58.0 Å². The van der Waals surface area contributed by atoms with Crippen molar-refractivity contribution in [2.24, 2.45) is 0 Å². The van der Waals surface area contributed by atoms with Gasteiger partial charge in [-0.15, -0.1) is 0 Å². The first-order valence-corrected chi connectivity index (χ1v) is 7.01. The first-order chi connectivity index (χ1) is 7.79. The Morgan fingerprint density at radius 2 is 1.47 bits per heavy atom. The van der Waals surface area contributed by atoms with Crippen molar-refractivity contribution >= 4 is 58.0 Å². The van der Waals surface area contributed by atoms with Gasteiger partial charge in [0.1, 0.15) is 0 Å².